The second kappa shape index (κ2) is 6.48. The lowest BCUT2D eigenvalue weighted by molar-refractivity contribution is 0.199. The lowest BCUT2D eigenvalue weighted by Gasteiger charge is -2.28. The fourth-order valence-electron chi connectivity index (χ4n) is 2.64. The molecule has 18 heavy (non-hydrogen) atoms. The number of hydrogen-bond acceptors (Lipinski definition) is 1. The summed E-state index contributed by atoms with van der Waals surface area (Å²) in [7, 11) is 0. The molecule has 0 aromatic heterocycles. The van der Waals surface area contributed by atoms with Crippen molar-refractivity contribution in [3.8, 4) is 0 Å². The maximum absolute atomic E-state index is 13.6. The molecule has 1 aromatic rings. The molecule has 0 heterocycles. The van der Waals surface area contributed by atoms with Crippen molar-refractivity contribution in [1.82, 2.24) is 4.90 Å². The Balaban J connectivity index is 2.07. The molecule has 2 rings (SSSR count). The highest BCUT2D eigenvalue weighted by Gasteiger charge is 2.22. The smallest absolute Gasteiger partial charge is 0.130 e. The summed E-state index contributed by atoms with van der Waals surface area (Å²) < 4.78 is 26.5. The van der Waals surface area contributed by atoms with E-state index in [1.807, 2.05) is 0 Å². The van der Waals surface area contributed by atoms with Crippen molar-refractivity contribution in [3.05, 3.63) is 35.4 Å². The number of hydrogen-bond donors (Lipinski definition) is 0. The average Bonchev–Trinajstić information content (AvgIpc) is 2.85. The highest BCUT2D eigenvalue weighted by molar-refractivity contribution is 6.18. The van der Waals surface area contributed by atoms with Gasteiger partial charge in [0.1, 0.15) is 11.6 Å². The van der Waals surface area contributed by atoms with Gasteiger partial charge < -0.3 is 0 Å². The monoisotopic (exact) mass is 273 g/mol. The van der Waals surface area contributed by atoms with Crippen molar-refractivity contribution in [1.29, 1.82) is 0 Å². The molecule has 1 nitrogen and oxygen atoms in total. The van der Waals surface area contributed by atoms with Crippen molar-refractivity contribution in [3.63, 3.8) is 0 Å². The van der Waals surface area contributed by atoms with E-state index in [1.165, 1.54) is 25.0 Å². The van der Waals surface area contributed by atoms with E-state index >= 15 is 0 Å². The van der Waals surface area contributed by atoms with Crippen LogP contribution in [0.5, 0.6) is 0 Å². The summed E-state index contributed by atoms with van der Waals surface area (Å²) in [6.07, 6.45) is 4.77. The second-order valence-electron chi connectivity index (χ2n) is 4.83. The van der Waals surface area contributed by atoms with E-state index in [-0.39, 0.29) is 0 Å². The minimum Gasteiger partial charge on any atom is -0.295 e. The Morgan fingerprint density at radius 2 is 1.94 bits per heavy atom. The summed E-state index contributed by atoms with van der Waals surface area (Å²) in [5.74, 6) is -0.451. The fourth-order valence-corrected chi connectivity index (χ4v) is 2.85. The molecule has 0 bridgehead atoms. The van der Waals surface area contributed by atoms with Crippen molar-refractivity contribution >= 4 is 11.6 Å². The van der Waals surface area contributed by atoms with Crippen LogP contribution in [-0.4, -0.2) is 23.4 Å². The van der Waals surface area contributed by atoms with Gasteiger partial charge >= 0.3 is 0 Å². The van der Waals surface area contributed by atoms with Gasteiger partial charge in [-0.15, -0.1) is 11.6 Å². The molecule has 1 fully saturated rings. The highest BCUT2D eigenvalue weighted by atomic mass is 35.5. The minimum absolute atomic E-state index is 0.465. The van der Waals surface area contributed by atoms with Gasteiger partial charge in [-0.2, -0.15) is 0 Å². The van der Waals surface area contributed by atoms with Gasteiger partial charge in [-0.25, -0.2) is 8.78 Å². The van der Waals surface area contributed by atoms with E-state index in [2.05, 4.69) is 4.90 Å². The molecule has 1 aliphatic rings. The topological polar surface area (TPSA) is 3.24 Å². The maximum atomic E-state index is 13.6. The Labute approximate surface area is 112 Å². The lowest BCUT2D eigenvalue weighted by Crippen LogP contribution is -2.34. The van der Waals surface area contributed by atoms with E-state index in [4.69, 9.17) is 11.6 Å². The van der Waals surface area contributed by atoms with Crippen LogP contribution in [0.4, 0.5) is 8.78 Å². The van der Waals surface area contributed by atoms with Crippen LogP contribution >= 0.6 is 11.6 Å². The third-order valence-electron chi connectivity index (χ3n) is 3.60. The van der Waals surface area contributed by atoms with Gasteiger partial charge in [0.05, 0.1) is 0 Å². The molecule has 0 atom stereocenters. The number of nitrogens with zero attached hydrogens (tertiary/aromatic N) is 1. The standard InChI is InChI=1S/C14H18ClF2N/c15-7-8-18(13-3-1-2-4-13)10-11-5-6-12(16)9-14(11)17/h5-6,9,13H,1-4,7-8,10H2. The van der Waals surface area contributed by atoms with Crippen molar-refractivity contribution in [2.75, 3.05) is 12.4 Å². The van der Waals surface area contributed by atoms with Crippen molar-refractivity contribution in [2.24, 2.45) is 0 Å². The summed E-state index contributed by atoms with van der Waals surface area (Å²) in [4.78, 5) is 2.22. The predicted molar refractivity (Wildman–Crippen MR) is 69.7 cm³/mol. The van der Waals surface area contributed by atoms with Crippen LogP contribution in [0, 0.1) is 11.6 Å². The molecule has 1 aliphatic carbocycles. The molecule has 0 spiro atoms. The van der Waals surface area contributed by atoms with Gasteiger partial charge in [-0.05, 0) is 18.9 Å². The number of rotatable bonds is 5. The zero-order valence-electron chi connectivity index (χ0n) is 10.3. The summed E-state index contributed by atoms with van der Waals surface area (Å²) >= 11 is 5.81. The summed E-state index contributed by atoms with van der Waals surface area (Å²) in [5, 5.41) is 0. The molecular formula is C14H18ClF2N. The Hall–Kier alpha value is -0.670. The molecule has 0 unspecified atom stereocenters. The number of halogens is 3. The first kappa shape index (κ1) is 13.8. The summed E-state index contributed by atoms with van der Waals surface area (Å²) in [6.45, 7) is 1.27. The molecular weight excluding hydrogens is 256 g/mol. The molecule has 0 radical (unpaired) electrons. The number of alkyl halides is 1. The molecule has 0 N–H and O–H groups in total. The Morgan fingerprint density at radius 1 is 1.22 bits per heavy atom. The van der Waals surface area contributed by atoms with E-state index in [0.29, 0.717) is 24.0 Å². The second-order valence-corrected chi connectivity index (χ2v) is 5.21. The quantitative estimate of drug-likeness (QED) is 0.735. The average molecular weight is 274 g/mol. The molecule has 1 aromatic carbocycles. The van der Waals surface area contributed by atoms with E-state index in [0.717, 1.165) is 25.5 Å². The highest BCUT2D eigenvalue weighted by Crippen LogP contribution is 2.25. The largest absolute Gasteiger partial charge is 0.295 e. The zero-order valence-corrected chi connectivity index (χ0v) is 11.1. The molecule has 4 heteroatoms. The van der Waals surface area contributed by atoms with Gasteiger partial charge in [0.25, 0.3) is 0 Å². The SMILES string of the molecule is Fc1ccc(CN(CCCl)C2CCCC2)c(F)c1. The first-order valence-corrected chi connectivity index (χ1v) is 6.98. The van der Waals surface area contributed by atoms with Gasteiger partial charge in [0, 0.05) is 36.6 Å². The van der Waals surface area contributed by atoms with E-state index in [1.54, 1.807) is 0 Å². The minimum atomic E-state index is -0.527. The van der Waals surface area contributed by atoms with E-state index < -0.39 is 11.6 Å². The van der Waals surface area contributed by atoms with Crippen molar-refractivity contribution in [2.45, 2.75) is 38.3 Å². The van der Waals surface area contributed by atoms with Crippen LogP contribution in [0.15, 0.2) is 18.2 Å². The predicted octanol–water partition coefficient (Wildman–Crippen LogP) is 3.95. The first-order valence-electron chi connectivity index (χ1n) is 6.44. The summed E-state index contributed by atoms with van der Waals surface area (Å²) in [5.41, 5.74) is 0.549. The lowest BCUT2D eigenvalue weighted by atomic mass is 10.1. The zero-order chi connectivity index (χ0) is 13.0. The van der Waals surface area contributed by atoms with Crippen molar-refractivity contribution < 1.29 is 8.78 Å². The Kier molecular flexibility index (Phi) is 4.95. The van der Waals surface area contributed by atoms with Gasteiger partial charge in [0.2, 0.25) is 0 Å². The Bertz CT molecular complexity index is 391. The van der Waals surface area contributed by atoms with Crippen LogP contribution < -0.4 is 0 Å². The van der Waals surface area contributed by atoms with Crippen LogP contribution in [0.25, 0.3) is 0 Å². The molecule has 0 saturated heterocycles. The molecule has 100 valence electrons. The number of benzene rings is 1. The van der Waals surface area contributed by atoms with Gasteiger partial charge in [0.15, 0.2) is 0 Å². The van der Waals surface area contributed by atoms with Crippen LogP contribution in [0.1, 0.15) is 31.2 Å². The molecule has 0 aliphatic heterocycles. The van der Waals surface area contributed by atoms with E-state index in [9.17, 15) is 8.78 Å². The maximum Gasteiger partial charge on any atom is 0.130 e. The normalized spacial score (nSPS) is 16.7. The molecule has 0 amide bonds. The van der Waals surface area contributed by atoms with Crippen LogP contribution in [-0.2, 0) is 6.54 Å². The summed E-state index contributed by atoms with van der Waals surface area (Å²) in [6, 6.07) is 4.28. The van der Waals surface area contributed by atoms with Gasteiger partial charge in [-0.3, -0.25) is 4.90 Å². The molecule has 1 saturated carbocycles. The third kappa shape index (κ3) is 3.42. The van der Waals surface area contributed by atoms with Gasteiger partial charge in [-0.1, -0.05) is 18.9 Å². The third-order valence-corrected chi connectivity index (χ3v) is 3.77. The Morgan fingerprint density at radius 3 is 2.56 bits per heavy atom. The first-order chi connectivity index (χ1) is 8.70. The van der Waals surface area contributed by atoms with Crippen LogP contribution in [0.2, 0.25) is 0 Å². The van der Waals surface area contributed by atoms with Crippen LogP contribution in [0.3, 0.4) is 0 Å². The fraction of sp³-hybridized carbons (Fsp3) is 0.571.